The van der Waals surface area contributed by atoms with Gasteiger partial charge in [0.1, 0.15) is 5.75 Å². The number of fused-ring (bicyclic) bond motifs is 4. The van der Waals surface area contributed by atoms with Gasteiger partial charge >= 0.3 is 7.32 Å². The molecule has 0 aromatic heterocycles. The smallest absolute Gasteiger partial charge is 0.511 e. The van der Waals surface area contributed by atoms with Gasteiger partial charge in [0.15, 0.2) is 0 Å². The van der Waals surface area contributed by atoms with Crippen LogP contribution in [0.3, 0.4) is 0 Å². The number of unbranched alkanes of at least 4 members (excludes halogenated alkanes) is 7. The van der Waals surface area contributed by atoms with Crippen LogP contribution in [0.1, 0.15) is 58.3 Å². The second-order valence-electron chi connectivity index (χ2n) is 8.61. The topological polar surface area (TPSA) is 38.7 Å². The van der Waals surface area contributed by atoms with Crippen LogP contribution in [0.25, 0.3) is 32.3 Å². The Balaban J connectivity index is 1.40. The number of hydrogen-bond donors (Lipinski definition) is 1. The van der Waals surface area contributed by atoms with Crippen molar-refractivity contribution in [3.63, 3.8) is 0 Å². The molecule has 0 aliphatic carbocycles. The fourth-order valence-corrected chi connectivity index (χ4v) is 4.43. The summed E-state index contributed by atoms with van der Waals surface area (Å²) in [6, 6.07) is 23.0. The minimum absolute atomic E-state index is 0.506. The first kappa shape index (κ1) is 22.6. The monoisotopic (exact) mass is 428 g/mol. The van der Waals surface area contributed by atoms with Crippen molar-refractivity contribution in [3.8, 4) is 5.75 Å². The van der Waals surface area contributed by atoms with E-state index in [1.54, 1.807) is 0 Å². The molecule has 0 amide bonds. The predicted octanol–water partition coefficient (Wildman–Crippen LogP) is 7.66. The lowest BCUT2D eigenvalue weighted by Crippen LogP contribution is -2.26. The number of benzene rings is 4. The fraction of sp³-hybridized carbons (Fsp3) is 0.357. The van der Waals surface area contributed by atoms with Gasteiger partial charge in [-0.15, -0.1) is 0 Å². The van der Waals surface area contributed by atoms with Crippen molar-refractivity contribution >= 4 is 39.6 Å². The van der Waals surface area contributed by atoms with E-state index in [9.17, 15) is 5.02 Å². The Labute approximate surface area is 191 Å². The molecule has 4 heteroatoms. The SMILES string of the molecule is CCCCCCCCCCOB(O)Oc1cccc2ccc3cc4ccccc4cc3c12. The van der Waals surface area contributed by atoms with E-state index in [2.05, 4.69) is 61.5 Å². The van der Waals surface area contributed by atoms with Crippen LogP contribution < -0.4 is 4.65 Å². The van der Waals surface area contributed by atoms with Crippen molar-refractivity contribution in [3.05, 3.63) is 66.7 Å². The molecular formula is C28H33BO3. The standard InChI is InChI=1S/C28H33BO3/c1-2-3-4-5-6-7-8-11-19-31-29(30)32-27-16-12-15-22-17-18-25-20-23-13-9-10-14-24(23)21-26(25)28(22)27/h9-10,12-18,20-21,30H,2-8,11,19H2,1H3. The third-order valence-corrected chi connectivity index (χ3v) is 6.17. The third kappa shape index (κ3) is 5.62. The van der Waals surface area contributed by atoms with Crippen LogP contribution >= 0.6 is 0 Å². The predicted molar refractivity (Wildman–Crippen MR) is 136 cm³/mol. The first-order chi connectivity index (χ1) is 15.8. The van der Waals surface area contributed by atoms with Gasteiger partial charge in [-0.25, -0.2) is 0 Å². The highest BCUT2D eigenvalue weighted by Crippen LogP contribution is 2.35. The Morgan fingerprint density at radius 3 is 2.12 bits per heavy atom. The molecule has 0 radical (unpaired) electrons. The summed E-state index contributed by atoms with van der Waals surface area (Å²) in [5.74, 6) is 0.645. The normalized spacial score (nSPS) is 11.4. The second-order valence-corrected chi connectivity index (χ2v) is 8.61. The molecular weight excluding hydrogens is 395 g/mol. The van der Waals surface area contributed by atoms with E-state index in [0.717, 1.165) is 34.4 Å². The maximum atomic E-state index is 10.4. The van der Waals surface area contributed by atoms with Crippen molar-refractivity contribution < 1.29 is 14.3 Å². The fourth-order valence-electron chi connectivity index (χ4n) is 4.43. The molecule has 0 aliphatic heterocycles. The van der Waals surface area contributed by atoms with E-state index in [-0.39, 0.29) is 0 Å². The Kier molecular flexibility index (Phi) is 8.03. The van der Waals surface area contributed by atoms with Crippen molar-refractivity contribution in [1.29, 1.82) is 0 Å². The molecule has 0 bridgehead atoms. The Bertz CT molecular complexity index is 1160. The van der Waals surface area contributed by atoms with E-state index >= 15 is 0 Å². The minimum atomic E-state index is -1.26. The van der Waals surface area contributed by atoms with Crippen LogP contribution in [0, 0.1) is 0 Å². The molecule has 0 unspecified atom stereocenters. The molecule has 0 heterocycles. The highest BCUT2D eigenvalue weighted by molar-refractivity contribution is 6.36. The summed E-state index contributed by atoms with van der Waals surface area (Å²) >= 11 is 0. The summed E-state index contributed by atoms with van der Waals surface area (Å²) < 4.78 is 11.4. The molecule has 1 N–H and O–H groups in total. The molecule has 32 heavy (non-hydrogen) atoms. The molecule has 0 atom stereocenters. The summed E-state index contributed by atoms with van der Waals surface area (Å²) in [5, 5.41) is 17.1. The first-order valence-corrected chi connectivity index (χ1v) is 12.1. The van der Waals surface area contributed by atoms with Gasteiger partial charge in [-0.3, -0.25) is 0 Å². The van der Waals surface area contributed by atoms with Gasteiger partial charge in [-0.05, 0) is 51.6 Å². The molecule has 3 nitrogen and oxygen atoms in total. The second kappa shape index (κ2) is 11.4. The minimum Gasteiger partial charge on any atom is -0.511 e. The molecule has 0 aliphatic rings. The van der Waals surface area contributed by atoms with E-state index in [4.69, 9.17) is 9.31 Å². The van der Waals surface area contributed by atoms with Crippen LogP contribution in [-0.4, -0.2) is 19.0 Å². The largest absolute Gasteiger partial charge is 0.710 e. The first-order valence-electron chi connectivity index (χ1n) is 12.1. The average molecular weight is 428 g/mol. The summed E-state index contributed by atoms with van der Waals surface area (Å²) in [6.45, 7) is 2.75. The van der Waals surface area contributed by atoms with Crippen molar-refractivity contribution in [2.24, 2.45) is 0 Å². The quantitative estimate of drug-likeness (QED) is 0.109. The molecule has 0 saturated heterocycles. The molecule has 166 valence electrons. The van der Waals surface area contributed by atoms with E-state index in [0.29, 0.717) is 12.4 Å². The van der Waals surface area contributed by atoms with Gasteiger partial charge in [0.25, 0.3) is 0 Å². The molecule has 0 spiro atoms. The lowest BCUT2D eigenvalue weighted by molar-refractivity contribution is 0.190. The van der Waals surface area contributed by atoms with E-state index in [1.165, 1.54) is 49.3 Å². The van der Waals surface area contributed by atoms with Crippen LogP contribution in [0.4, 0.5) is 0 Å². The van der Waals surface area contributed by atoms with Crippen LogP contribution in [0.2, 0.25) is 0 Å². The van der Waals surface area contributed by atoms with E-state index in [1.807, 2.05) is 12.1 Å². The van der Waals surface area contributed by atoms with Crippen LogP contribution in [0.5, 0.6) is 5.75 Å². The van der Waals surface area contributed by atoms with Gasteiger partial charge in [0, 0.05) is 12.0 Å². The van der Waals surface area contributed by atoms with Gasteiger partial charge < -0.3 is 14.3 Å². The lowest BCUT2D eigenvalue weighted by atomic mass is 9.97. The zero-order valence-corrected chi connectivity index (χ0v) is 19.1. The van der Waals surface area contributed by atoms with Crippen LogP contribution in [0.15, 0.2) is 66.7 Å². The number of hydrogen-bond acceptors (Lipinski definition) is 3. The molecule has 4 aromatic carbocycles. The van der Waals surface area contributed by atoms with Crippen LogP contribution in [-0.2, 0) is 4.65 Å². The maximum absolute atomic E-state index is 10.4. The van der Waals surface area contributed by atoms with Crippen molar-refractivity contribution in [2.75, 3.05) is 6.61 Å². The Hall–Kier alpha value is -2.56. The zero-order valence-electron chi connectivity index (χ0n) is 19.1. The summed E-state index contributed by atoms with van der Waals surface area (Å²) in [6.07, 6.45) is 9.88. The van der Waals surface area contributed by atoms with Crippen molar-refractivity contribution in [2.45, 2.75) is 58.3 Å². The summed E-state index contributed by atoms with van der Waals surface area (Å²) in [4.78, 5) is 0. The molecule has 0 fully saturated rings. The maximum Gasteiger partial charge on any atom is 0.710 e. The molecule has 4 rings (SSSR count). The highest BCUT2D eigenvalue weighted by Gasteiger charge is 2.20. The lowest BCUT2D eigenvalue weighted by Gasteiger charge is -2.14. The highest BCUT2D eigenvalue weighted by atomic mass is 16.7. The van der Waals surface area contributed by atoms with Gasteiger partial charge in [0.05, 0.1) is 0 Å². The summed E-state index contributed by atoms with van der Waals surface area (Å²) in [7, 11) is -1.26. The Morgan fingerprint density at radius 1 is 0.688 bits per heavy atom. The average Bonchev–Trinajstić information content (AvgIpc) is 2.81. The van der Waals surface area contributed by atoms with Gasteiger partial charge in [-0.2, -0.15) is 0 Å². The zero-order chi connectivity index (χ0) is 22.2. The Morgan fingerprint density at radius 2 is 1.34 bits per heavy atom. The third-order valence-electron chi connectivity index (χ3n) is 6.17. The van der Waals surface area contributed by atoms with Crippen molar-refractivity contribution in [1.82, 2.24) is 0 Å². The summed E-state index contributed by atoms with van der Waals surface area (Å²) in [5.41, 5.74) is 0. The van der Waals surface area contributed by atoms with Gasteiger partial charge in [0.2, 0.25) is 0 Å². The molecule has 4 aromatic rings. The van der Waals surface area contributed by atoms with E-state index < -0.39 is 7.32 Å². The molecule has 0 saturated carbocycles. The van der Waals surface area contributed by atoms with Gasteiger partial charge in [-0.1, -0.05) is 100 Å². The number of rotatable bonds is 12.